The molecule has 0 saturated carbocycles. The molecule has 0 aliphatic carbocycles. The molecule has 12 rings (SSSR count). The summed E-state index contributed by atoms with van der Waals surface area (Å²) in [6.45, 7) is 0. The van der Waals surface area contributed by atoms with Gasteiger partial charge in [0, 0.05) is 38.6 Å². The van der Waals surface area contributed by atoms with Gasteiger partial charge in [0.1, 0.15) is 11.2 Å². The highest BCUT2D eigenvalue weighted by atomic mass is 16.3. The summed E-state index contributed by atoms with van der Waals surface area (Å²) < 4.78 is 8.83. The number of furan rings is 1. The van der Waals surface area contributed by atoms with Crippen molar-refractivity contribution in [3.8, 4) is 27.9 Å². The molecule has 276 valence electrons. The zero-order valence-corrected chi connectivity index (χ0v) is 32.1. The Labute approximate surface area is 341 Å². The van der Waals surface area contributed by atoms with Crippen molar-refractivity contribution in [2.45, 2.75) is 0 Å². The third kappa shape index (κ3) is 5.44. The molecule has 0 amide bonds. The van der Waals surface area contributed by atoms with E-state index in [0.717, 1.165) is 50.3 Å². The summed E-state index contributed by atoms with van der Waals surface area (Å²) in [5.74, 6) is 0. The maximum Gasteiger partial charge on any atom is 0.137 e. The lowest BCUT2D eigenvalue weighted by Crippen LogP contribution is -2.10. The Morgan fingerprint density at radius 3 is 1.71 bits per heavy atom. The van der Waals surface area contributed by atoms with Crippen molar-refractivity contribution in [2.75, 3.05) is 4.90 Å². The second-order valence-electron chi connectivity index (χ2n) is 15.3. The lowest BCUT2D eigenvalue weighted by Gasteiger charge is -2.26. The number of aromatic nitrogens is 1. The van der Waals surface area contributed by atoms with Gasteiger partial charge in [-0.2, -0.15) is 0 Å². The van der Waals surface area contributed by atoms with Crippen LogP contribution in [0, 0.1) is 0 Å². The van der Waals surface area contributed by atoms with Crippen LogP contribution in [0.25, 0.3) is 93.2 Å². The first-order valence-corrected chi connectivity index (χ1v) is 20.2. The first kappa shape index (κ1) is 33.3. The maximum absolute atomic E-state index is 6.40. The highest BCUT2D eigenvalue weighted by molar-refractivity contribution is 6.19. The molecule has 10 aromatic carbocycles. The molecule has 0 atom stereocenters. The van der Waals surface area contributed by atoms with Gasteiger partial charge in [-0.1, -0.05) is 152 Å². The van der Waals surface area contributed by atoms with Crippen LogP contribution in [-0.4, -0.2) is 4.57 Å². The van der Waals surface area contributed by atoms with E-state index < -0.39 is 0 Å². The first-order valence-electron chi connectivity index (χ1n) is 20.2. The van der Waals surface area contributed by atoms with E-state index in [-0.39, 0.29) is 0 Å². The summed E-state index contributed by atoms with van der Waals surface area (Å²) in [4.78, 5) is 2.36. The lowest BCUT2D eigenvalue weighted by molar-refractivity contribution is 0.669. The zero-order chi connectivity index (χ0) is 38.9. The molecule has 0 fully saturated rings. The molecule has 0 spiro atoms. The predicted molar refractivity (Wildman–Crippen MR) is 249 cm³/mol. The second-order valence-corrected chi connectivity index (χ2v) is 15.3. The van der Waals surface area contributed by atoms with Gasteiger partial charge in [0.15, 0.2) is 0 Å². The average Bonchev–Trinajstić information content (AvgIpc) is 3.86. The standard InChI is InChI=1S/C56H36N2O/c1-2-14-44(15-3-1)58-52-36-43(28-33-48(52)49-34-27-40-12-6-7-16-47(40)56(49)58)39-25-31-46(32-26-39)57(51-18-10-20-54-55(51)50-17-8-9-19-53(50)59-54)45-29-23-38(24-30-45)42-22-21-37-11-4-5-13-41(37)35-42/h1-36H. The van der Waals surface area contributed by atoms with Gasteiger partial charge in [-0.3, -0.25) is 0 Å². The molecule has 3 heteroatoms. The molecular weight excluding hydrogens is 717 g/mol. The van der Waals surface area contributed by atoms with Crippen molar-refractivity contribution in [3.63, 3.8) is 0 Å². The van der Waals surface area contributed by atoms with Crippen molar-refractivity contribution < 1.29 is 4.42 Å². The van der Waals surface area contributed by atoms with Crippen molar-refractivity contribution in [3.05, 3.63) is 218 Å². The number of para-hydroxylation sites is 2. The molecule has 0 unspecified atom stereocenters. The Kier molecular flexibility index (Phi) is 7.54. The van der Waals surface area contributed by atoms with E-state index in [1.54, 1.807) is 0 Å². The summed E-state index contributed by atoms with van der Waals surface area (Å²) in [6, 6.07) is 78.7. The van der Waals surface area contributed by atoms with Crippen molar-refractivity contribution in [1.29, 1.82) is 0 Å². The van der Waals surface area contributed by atoms with Crippen LogP contribution in [-0.2, 0) is 0 Å². The summed E-state index contributed by atoms with van der Waals surface area (Å²) in [5, 5.41) is 9.67. The molecule has 0 saturated heterocycles. The van der Waals surface area contributed by atoms with Crippen LogP contribution in [0.5, 0.6) is 0 Å². The first-order chi connectivity index (χ1) is 29.2. The number of fused-ring (bicyclic) bond motifs is 9. The molecular formula is C56H36N2O. The number of nitrogens with zero attached hydrogens (tertiary/aromatic N) is 2. The van der Waals surface area contributed by atoms with E-state index in [2.05, 4.69) is 216 Å². The van der Waals surface area contributed by atoms with Crippen LogP contribution >= 0.6 is 0 Å². The Bertz CT molecular complexity index is 3540. The van der Waals surface area contributed by atoms with Gasteiger partial charge >= 0.3 is 0 Å². The molecule has 59 heavy (non-hydrogen) atoms. The topological polar surface area (TPSA) is 21.3 Å². The molecule has 0 radical (unpaired) electrons. The third-order valence-electron chi connectivity index (χ3n) is 12.0. The normalized spacial score (nSPS) is 11.7. The van der Waals surface area contributed by atoms with E-state index in [4.69, 9.17) is 4.42 Å². The van der Waals surface area contributed by atoms with Crippen molar-refractivity contribution in [1.82, 2.24) is 4.57 Å². The van der Waals surface area contributed by atoms with Gasteiger partial charge in [-0.15, -0.1) is 0 Å². The van der Waals surface area contributed by atoms with Crippen molar-refractivity contribution in [2.24, 2.45) is 0 Å². The third-order valence-corrected chi connectivity index (χ3v) is 12.0. The lowest BCUT2D eigenvalue weighted by atomic mass is 10.00. The SMILES string of the molecule is c1ccc(-n2c3cc(-c4ccc(N(c5ccc(-c6ccc7ccccc7c6)cc5)c5cccc6oc7ccccc7c56)cc4)ccc3c3ccc4ccccc4c32)cc1. The average molecular weight is 753 g/mol. The van der Waals surface area contributed by atoms with Gasteiger partial charge in [-0.05, 0) is 105 Å². The molecule has 0 aliphatic rings. The highest BCUT2D eigenvalue weighted by Crippen LogP contribution is 2.44. The molecule has 2 heterocycles. The van der Waals surface area contributed by atoms with Crippen LogP contribution in [0.4, 0.5) is 17.1 Å². The monoisotopic (exact) mass is 752 g/mol. The molecule has 3 nitrogen and oxygen atoms in total. The minimum Gasteiger partial charge on any atom is -0.456 e. The Balaban J connectivity index is 0.997. The predicted octanol–water partition coefficient (Wildman–Crippen LogP) is 15.8. The minimum absolute atomic E-state index is 0.869. The van der Waals surface area contributed by atoms with E-state index >= 15 is 0 Å². The fraction of sp³-hybridized carbons (Fsp3) is 0. The second kappa shape index (κ2) is 13.4. The van der Waals surface area contributed by atoms with E-state index in [9.17, 15) is 0 Å². The molecule has 12 aromatic rings. The highest BCUT2D eigenvalue weighted by Gasteiger charge is 2.20. The number of hydrogen-bond donors (Lipinski definition) is 0. The fourth-order valence-corrected chi connectivity index (χ4v) is 9.15. The van der Waals surface area contributed by atoms with E-state index in [1.165, 1.54) is 60.0 Å². The molecule has 0 N–H and O–H groups in total. The fourth-order valence-electron chi connectivity index (χ4n) is 9.15. The summed E-state index contributed by atoms with van der Waals surface area (Å²) in [6.07, 6.45) is 0. The zero-order valence-electron chi connectivity index (χ0n) is 32.1. The summed E-state index contributed by atoms with van der Waals surface area (Å²) in [5.41, 5.74) is 13.2. The molecule has 0 aliphatic heterocycles. The summed E-state index contributed by atoms with van der Waals surface area (Å²) in [7, 11) is 0. The van der Waals surface area contributed by atoms with Crippen LogP contribution < -0.4 is 4.90 Å². The largest absolute Gasteiger partial charge is 0.456 e. The van der Waals surface area contributed by atoms with Crippen molar-refractivity contribution >= 4 is 82.4 Å². The van der Waals surface area contributed by atoms with Gasteiger partial charge < -0.3 is 13.9 Å². The van der Waals surface area contributed by atoms with E-state index in [1.807, 2.05) is 12.1 Å². The Morgan fingerprint density at radius 1 is 0.356 bits per heavy atom. The summed E-state index contributed by atoms with van der Waals surface area (Å²) >= 11 is 0. The Morgan fingerprint density at radius 2 is 0.932 bits per heavy atom. The Hall–Kier alpha value is -7.88. The van der Waals surface area contributed by atoms with E-state index in [0.29, 0.717) is 0 Å². The maximum atomic E-state index is 6.40. The quantitative estimate of drug-likeness (QED) is 0.169. The molecule has 0 bridgehead atoms. The van der Waals surface area contributed by atoms with Crippen LogP contribution in [0.15, 0.2) is 223 Å². The minimum atomic E-state index is 0.869. The van der Waals surface area contributed by atoms with Gasteiger partial charge in [0.2, 0.25) is 0 Å². The van der Waals surface area contributed by atoms with Crippen LogP contribution in [0.2, 0.25) is 0 Å². The number of hydrogen-bond acceptors (Lipinski definition) is 2. The number of rotatable bonds is 6. The van der Waals surface area contributed by atoms with Crippen LogP contribution in [0.1, 0.15) is 0 Å². The van der Waals surface area contributed by atoms with Crippen LogP contribution in [0.3, 0.4) is 0 Å². The smallest absolute Gasteiger partial charge is 0.137 e. The van der Waals surface area contributed by atoms with Gasteiger partial charge in [0.05, 0.1) is 22.1 Å². The van der Waals surface area contributed by atoms with Gasteiger partial charge in [-0.25, -0.2) is 0 Å². The number of benzene rings is 10. The number of anilines is 3. The molecule has 2 aromatic heterocycles. The van der Waals surface area contributed by atoms with Gasteiger partial charge in [0.25, 0.3) is 0 Å².